The van der Waals surface area contributed by atoms with Crippen molar-refractivity contribution < 1.29 is 18.9 Å². The molecule has 3 atom stereocenters. The maximum Gasteiger partial charge on any atom is 0.161 e. The minimum Gasteiger partial charge on any atom is -0.486 e. The zero-order valence-corrected chi connectivity index (χ0v) is 13.6. The van der Waals surface area contributed by atoms with Crippen molar-refractivity contribution in [1.29, 1.82) is 0 Å². The molecule has 0 fully saturated rings. The normalized spacial score (nSPS) is 22.7. The number of benzene rings is 2. The lowest BCUT2D eigenvalue weighted by molar-refractivity contribution is 0.0533. The summed E-state index contributed by atoms with van der Waals surface area (Å²) in [5.41, 5.74) is 0. The van der Waals surface area contributed by atoms with Crippen LogP contribution in [-0.4, -0.2) is 38.0 Å². The first-order chi connectivity index (χ1) is 11.8. The number of hydrogen-bond acceptors (Lipinski definition) is 5. The van der Waals surface area contributed by atoms with Crippen LogP contribution in [0.2, 0.25) is 0 Å². The molecule has 2 aromatic rings. The van der Waals surface area contributed by atoms with Crippen LogP contribution in [0.1, 0.15) is 6.92 Å². The molecule has 0 saturated carbocycles. The molecule has 0 spiro atoms. The molecule has 0 radical (unpaired) electrons. The van der Waals surface area contributed by atoms with E-state index in [-0.39, 0.29) is 18.2 Å². The average molecular weight is 327 g/mol. The van der Waals surface area contributed by atoms with E-state index < -0.39 is 0 Å². The fourth-order valence-corrected chi connectivity index (χ4v) is 2.89. The lowest BCUT2D eigenvalue weighted by atomic mass is 10.1. The minimum atomic E-state index is -0.0308. The summed E-state index contributed by atoms with van der Waals surface area (Å²) in [6.45, 7) is 3.87. The molecule has 2 aliphatic heterocycles. The van der Waals surface area contributed by atoms with E-state index in [0.29, 0.717) is 19.8 Å². The first-order valence-corrected chi connectivity index (χ1v) is 8.30. The first-order valence-electron chi connectivity index (χ1n) is 8.30. The second-order valence-corrected chi connectivity index (χ2v) is 6.11. The van der Waals surface area contributed by atoms with Crippen LogP contribution in [0.4, 0.5) is 0 Å². The van der Waals surface area contributed by atoms with Crippen molar-refractivity contribution in [1.82, 2.24) is 5.32 Å². The predicted molar refractivity (Wildman–Crippen MR) is 90.2 cm³/mol. The van der Waals surface area contributed by atoms with Gasteiger partial charge in [0.25, 0.3) is 0 Å². The number of para-hydroxylation sites is 4. The lowest BCUT2D eigenvalue weighted by Gasteiger charge is -2.32. The van der Waals surface area contributed by atoms with Crippen molar-refractivity contribution in [2.45, 2.75) is 25.2 Å². The van der Waals surface area contributed by atoms with Gasteiger partial charge in [-0.05, 0) is 31.2 Å². The van der Waals surface area contributed by atoms with E-state index in [1.807, 2.05) is 48.5 Å². The number of nitrogens with one attached hydrogen (secondary N) is 1. The summed E-state index contributed by atoms with van der Waals surface area (Å²) in [7, 11) is 0. The Morgan fingerprint density at radius 2 is 1.46 bits per heavy atom. The Balaban J connectivity index is 1.31. The quantitative estimate of drug-likeness (QED) is 0.935. The Labute approximate surface area is 141 Å². The smallest absolute Gasteiger partial charge is 0.161 e. The van der Waals surface area contributed by atoms with Crippen LogP contribution in [0, 0.1) is 0 Å². The summed E-state index contributed by atoms with van der Waals surface area (Å²) in [4.78, 5) is 0. The van der Waals surface area contributed by atoms with E-state index in [2.05, 4.69) is 12.2 Å². The molecule has 24 heavy (non-hydrogen) atoms. The molecule has 5 nitrogen and oxygen atoms in total. The van der Waals surface area contributed by atoms with E-state index in [1.165, 1.54) is 0 Å². The van der Waals surface area contributed by atoms with Crippen LogP contribution in [0.5, 0.6) is 23.0 Å². The highest BCUT2D eigenvalue weighted by Crippen LogP contribution is 2.32. The SMILES string of the molecule is C[C@H](NC[C@@H]1COc2ccccc2O1)[C@H]1COc2ccccc2O1. The Hall–Kier alpha value is -2.40. The van der Waals surface area contributed by atoms with Gasteiger partial charge in [0, 0.05) is 12.6 Å². The molecule has 2 heterocycles. The van der Waals surface area contributed by atoms with Crippen LogP contribution < -0.4 is 24.3 Å². The van der Waals surface area contributed by atoms with Gasteiger partial charge in [0.05, 0.1) is 0 Å². The maximum atomic E-state index is 6.03. The predicted octanol–water partition coefficient (Wildman–Crippen LogP) is 2.64. The Morgan fingerprint density at radius 1 is 0.875 bits per heavy atom. The molecule has 0 saturated heterocycles. The van der Waals surface area contributed by atoms with Crippen LogP contribution in [0.15, 0.2) is 48.5 Å². The summed E-state index contributed by atoms with van der Waals surface area (Å²) in [6.07, 6.45) is -0.0455. The van der Waals surface area contributed by atoms with Gasteiger partial charge in [-0.15, -0.1) is 0 Å². The van der Waals surface area contributed by atoms with Gasteiger partial charge in [-0.1, -0.05) is 24.3 Å². The third kappa shape index (κ3) is 3.12. The Kier molecular flexibility index (Phi) is 4.17. The molecule has 2 aromatic carbocycles. The van der Waals surface area contributed by atoms with Crippen molar-refractivity contribution in [2.24, 2.45) is 0 Å². The van der Waals surface area contributed by atoms with Gasteiger partial charge >= 0.3 is 0 Å². The zero-order chi connectivity index (χ0) is 16.4. The average Bonchev–Trinajstić information content (AvgIpc) is 2.65. The monoisotopic (exact) mass is 327 g/mol. The van der Waals surface area contributed by atoms with E-state index in [0.717, 1.165) is 23.0 Å². The molecule has 5 heteroatoms. The van der Waals surface area contributed by atoms with Crippen LogP contribution in [-0.2, 0) is 0 Å². The zero-order valence-electron chi connectivity index (χ0n) is 13.6. The van der Waals surface area contributed by atoms with E-state index >= 15 is 0 Å². The fraction of sp³-hybridized carbons (Fsp3) is 0.368. The molecule has 4 rings (SSSR count). The lowest BCUT2D eigenvalue weighted by Crippen LogP contribution is -2.50. The van der Waals surface area contributed by atoms with E-state index in [9.17, 15) is 0 Å². The van der Waals surface area contributed by atoms with Crippen molar-refractivity contribution in [2.75, 3.05) is 19.8 Å². The number of rotatable bonds is 4. The van der Waals surface area contributed by atoms with Gasteiger partial charge in [0.2, 0.25) is 0 Å². The van der Waals surface area contributed by atoms with E-state index in [4.69, 9.17) is 18.9 Å². The molecule has 0 bridgehead atoms. The van der Waals surface area contributed by atoms with Crippen molar-refractivity contribution in [3.63, 3.8) is 0 Å². The number of hydrogen-bond donors (Lipinski definition) is 1. The summed E-state index contributed by atoms with van der Waals surface area (Å²) in [5.74, 6) is 3.21. The molecule has 126 valence electrons. The molecular formula is C19H21NO4. The molecule has 1 N–H and O–H groups in total. The van der Waals surface area contributed by atoms with Gasteiger partial charge in [0.15, 0.2) is 23.0 Å². The van der Waals surface area contributed by atoms with Gasteiger partial charge in [0.1, 0.15) is 25.4 Å². The standard InChI is InChI=1S/C19H21NO4/c1-13(19-12-22-16-7-3-5-9-18(16)24-19)20-10-14-11-21-15-6-2-4-8-17(15)23-14/h2-9,13-14,19-20H,10-12H2,1H3/t13-,14+,19+/m0/s1. The largest absolute Gasteiger partial charge is 0.486 e. The number of ether oxygens (including phenoxy) is 4. The van der Waals surface area contributed by atoms with E-state index in [1.54, 1.807) is 0 Å². The Morgan fingerprint density at radius 3 is 2.17 bits per heavy atom. The third-order valence-electron chi connectivity index (χ3n) is 4.32. The first kappa shape index (κ1) is 15.1. The highest BCUT2D eigenvalue weighted by molar-refractivity contribution is 5.41. The van der Waals surface area contributed by atoms with Crippen molar-refractivity contribution >= 4 is 0 Å². The van der Waals surface area contributed by atoms with Gasteiger partial charge < -0.3 is 24.3 Å². The highest BCUT2D eigenvalue weighted by atomic mass is 16.6. The van der Waals surface area contributed by atoms with Crippen LogP contribution in [0.25, 0.3) is 0 Å². The van der Waals surface area contributed by atoms with Gasteiger partial charge in [-0.2, -0.15) is 0 Å². The highest BCUT2D eigenvalue weighted by Gasteiger charge is 2.27. The molecular weight excluding hydrogens is 306 g/mol. The van der Waals surface area contributed by atoms with Crippen molar-refractivity contribution in [3.8, 4) is 23.0 Å². The maximum absolute atomic E-state index is 6.03. The minimum absolute atomic E-state index is 0.0147. The number of fused-ring (bicyclic) bond motifs is 2. The van der Waals surface area contributed by atoms with Gasteiger partial charge in [-0.25, -0.2) is 0 Å². The molecule has 0 amide bonds. The summed E-state index contributed by atoms with van der Waals surface area (Å²) in [5, 5.41) is 3.47. The molecule has 0 unspecified atom stereocenters. The topological polar surface area (TPSA) is 49.0 Å². The van der Waals surface area contributed by atoms with Crippen molar-refractivity contribution in [3.05, 3.63) is 48.5 Å². The van der Waals surface area contributed by atoms with Crippen LogP contribution >= 0.6 is 0 Å². The summed E-state index contributed by atoms with van der Waals surface area (Å²) >= 11 is 0. The second kappa shape index (κ2) is 6.61. The molecule has 0 aliphatic carbocycles. The molecule has 2 aliphatic rings. The van der Waals surface area contributed by atoms with Gasteiger partial charge in [-0.3, -0.25) is 0 Å². The third-order valence-corrected chi connectivity index (χ3v) is 4.32. The summed E-state index contributed by atoms with van der Waals surface area (Å²) < 4.78 is 23.5. The van der Waals surface area contributed by atoms with Crippen LogP contribution in [0.3, 0.4) is 0 Å². The molecule has 0 aromatic heterocycles. The fourth-order valence-electron chi connectivity index (χ4n) is 2.89. The summed E-state index contributed by atoms with van der Waals surface area (Å²) in [6, 6.07) is 15.6. The Bertz CT molecular complexity index is 705. The second-order valence-electron chi connectivity index (χ2n) is 6.11.